The fourth-order valence-electron chi connectivity index (χ4n) is 1.96. The minimum absolute atomic E-state index is 0.0144. The van der Waals surface area contributed by atoms with Crippen LogP contribution in [0.5, 0.6) is 5.75 Å². The van der Waals surface area contributed by atoms with Crippen molar-refractivity contribution in [2.75, 3.05) is 32.0 Å². The average molecular weight is 308 g/mol. The second-order valence-corrected chi connectivity index (χ2v) is 5.76. The standard InChI is InChI=1S/C15H20N2O3S/c18-14(7-9-17-10-12-21-15(17)19)16-8-4-11-20-13-5-2-1-3-6-13/h1-3,5-6H,4,7-12H2,(H,16,18). The number of amides is 2. The molecule has 0 atom stereocenters. The molecule has 0 saturated carbocycles. The van der Waals surface area contributed by atoms with E-state index in [0.29, 0.717) is 26.1 Å². The molecule has 6 heteroatoms. The molecule has 0 aliphatic carbocycles. The van der Waals surface area contributed by atoms with Crippen LogP contribution in [-0.2, 0) is 4.79 Å². The summed E-state index contributed by atoms with van der Waals surface area (Å²) in [7, 11) is 0. The molecule has 2 rings (SSSR count). The molecule has 5 nitrogen and oxygen atoms in total. The van der Waals surface area contributed by atoms with Gasteiger partial charge in [0, 0.05) is 31.8 Å². The first-order valence-corrected chi connectivity index (χ1v) is 8.10. The molecular weight excluding hydrogens is 288 g/mol. The Kier molecular flexibility index (Phi) is 6.40. The summed E-state index contributed by atoms with van der Waals surface area (Å²) in [5.74, 6) is 1.66. The summed E-state index contributed by atoms with van der Waals surface area (Å²) in [5.41, 5.74) is 0. The molecule has 21 heavy (non-hydrogen) atoms. The van der Waals surface area contributed by atoms with Gasteiger partial charge >= 0.3 is 0 Å². The molecule has 0 unspecified atom stereocenters. The Balaban J connectivity index is 1.50. The highest BCUT2D eigenvalue weighted by Crippen LogP contribution is 2.16. The number of carbonyl (C=O) groups is 2. The van der Waals surface area contributed by atoms with Gasteiger partial charge in [-0.05, 0) is 18.6 Å². The maximum absolute atomic E-state index is 11.6. The van der Waals surface area contributed by atoms with Gasteiger partial charge in [0.15, 0.2) is 0 Å². The van der Waals surface area contributed by atoms with Gasteiger partial charge in [-0.3, -0.25) is 9.59 Å². The van der Waals surface area contributed by atoms with Gasteiger partial charge in [0.1, 0.15) is 5.75 Å². The molecule has 0 bridgehead atoms. The van der Waals surface area contributed by atoms with E-state index in [4.69, 9.17) is 4.74 Å². The van der Waals surface area contributed by atoms with E-state index >= 15 is 0 Å². The van der Waals surface area contributed by atoms with Crippen LogP contribution in [0.25, 0.3) is 0 Å². The van der Waals surface area contributed by atoms with E-state index in [-0.39, 0.29) is 11.1 Å². The van der Waals surface area contributed by atoms with Crippen molar-refractivity contribution in [3.05, 3.63) is 30.3 Å². The van der Waals surface area contributed by atoms with Gasteiger partial charge in [-0.25, -0.2) is 0 Å². The normalized spacial score (nSPS) is 14.3. The Morgan fingerprint density at radius 3 is 2.86 bits per heavy atom. The summed E-state index contributed by atoms with van der Waals surface area (Å²) in [4.78, 5) is 24.7. The lowest BCUT2D eigenvalue weighted by molar-refractivity contribution is -0.121. The lowest BCUT2D eigenvalue weighted by atomic mass is 10.3. The average Bonchev–Trinajstić information content (AvgIpc) is 2.91. The molecule has 1 fully saturated rings. The third kappa shape index (κ3) is 5.67. The van der Waals surface area contributed by atoms with E-state index in [1.807, 2.05) is 30.3 Å². The largest absolute Gasteiger partial charge is 0.494 e. The maximum atomic E-state index is 11.6. The van der Waals surface area contributed by atoms with Gasteiger partial charge in [0.25, 0.3) is 5.24 Å². The van der Waals surface area contributed by atoms with E-state index in [0.717, 1.165) is 24.5 Å². The van der Waals surface area contributed by atoms with Crippen LogP contribution >= 0.6 is 11.8 Å². The maximum Gasteiger partial charge on any atom is 0.281 e. The Morgan fingerprint density at radius 2 is 2.14 bits per heavy atom. The van der Waals surface area contributed by atoms with Gasteiger partial charge < -0.3 is 15.0 Å². The van der Waals surface area contributed by atoms with Crippen molar-refractivity contribution >= 4 is 22.9 Å². The molecule has 1 saturated heterocycles. The van der Waals surface area contributed by atoms with E-state index in [1.54, 1.807) is 4.90 Å². The van der Waals surface area contributed by atoms with E-state index in [1.165, 1.54) is 11.8 Å². The number of nitrogens with zero attached hydrogens (tertiary/aromatic N) is 1. The molecule has 0 aromatic heterocycles. The second kappa shape index (κ2) is 8.56. The minimum Gasteiger partial charge on any atom is -0.494 e. The highest BCUT2D eigenvalue weighted by molar-refractivity contribution is 8.13. The zero-order chi connectivity index (χ0) is 14.9. The number of hydrogen-bond acceptors (Lipinski definition) is 4. The van der Waals surface area contributed by atoms with Crippen LogP contribution in [0.3, 0.4) is 0 Å². The lowest BCUT2D eigenvalue weighted by Gasteiger charge is -2.13. The molecule has 0 radical (unpaired) electrons. The number of thioether (sulfide) groups is 1. The zero-order valence-corrected chi connectivity index (χ0v) is 12.7. The summed E-state index contributed by atoms with van der Waals surface area (Å²) >= 11 is 1.32. The summed E-state index contributed by atoms with van der Waals surface area (Å²) in [6, 6.07) is 9.61. The third-order valence-corrected chi connectivity index (χ3v) is 4.00. The summed E-state index contributed by atoms with van der Waals surface area (Å²) < 4.78 is 5.54. The van der Waals surface area contributed by atoms with Crippen molar-refractivity contribution in [3.8, 4) is 5.75 Å². The van der Waals surface area contributed by atoms with Crippen molar-refractivity contribution in [3.63, 3.8) is 0 Å². The fourth-order valence-corrected chi connectivity index (χ4v) is 2.81. The van der Waals surface area contributed by atoms with E-state index < -0.39 is 0 Å². The van der Waals surface area contributed by atoms with Crippen LogP contribution < -0.4 is 10.1 Å². The van der Waals surface area contributed by atoms with Crippen molar-refractivity contribution in [1.82, 2.24) is 10.2 Å². The molecule has 2 amide bonds. The first-order chi connectivity index (χ1) is 10.3. The topological polar surface area (TPSA) is 58.6 Å². The van der Waals surface area contributed by atoms with E-state index in [9.17, 15) is 9.59 Å². The van der Waals surface area contributed by atoms with Crippen molar-refractivity contribution in [2.45, 2.75) is 12.8 Å². The molecule has 1 aromatic carbocycles. The number of ether oxygens (including phenoxy) is 1. The molecule has 0 spiro atoms. The number of nitrogens with one attached hydrogen (secondary N) is 1. The number of hydrogen-bond donors (Lipinski definition) is 1. The number of carbonyl (C=O) groups excluding carboxylic acids is 2. The molecule has 1 heterocycles. The fraction of sp³-hybridized carbons (Fsp3) is 0.467. The van der Waals surface area contributed by atoms with Crippen LogP contribution in [-0.4, -0.2) is 48.0 Å². The van der Waals surface area contributed by atoms with Gasteiger partial charge in [-0.15, -0.1) is 0 Å². The van der Waals surface area contributed by atoms with Gasteiger partial charge in [0.05, 0.1) is 6.61 Å². The minimum atomic E-state index is -0.0144. The van der Waals surface area contributed by atoms with Crippen LogP contribution in [0.1, 0.15) is 12.8 Å². The molecule has 1 aliphatic rings. The van der Waals surface area contributed by atoms with Crippen molar-refractivity contribution in [2.24, 2.45) is 0 Å². The SMILES string of the molecule is O=C(CCN1CCSC1=O)NCCCOc1ccccc1. The van der Waals surface area contributed by atoms with Crippen molar-refractivity contribution < 1.29 is 14.3 Å². The molecular formula is C15H20N2O3S. The van der Waals surface area contributed by atoms with E-state index in [2.05, 4.69) is 5.32 Å². The Labute approximate surface area is 129 Å². The van der Waals surface area contributed by atoms with Crippen LogP contribution in [0.2, 0.25) is 0 Å². The molecule has 114 valence electrons. The Morgan fingerprint density at radius 1 is 1.33 bits per heavy atom. The lowest BCUT2D eigenvalue weighted by Crippen LogP contribution is -2.31. The molecule has 1 N–H and O–H groups in total. The Hall–Kier alpha value is -1.69. The summed E-state index contributed by atoms with van der Waals surface area (Å²) in [6.45, 7) is 2.43. The van der Waals surface area contributed by atoms with Gasteiger partial charge in [-0.2, -0.15) is 0 Å². The molecule has 1 aliphatic heterocycles. The Bertz CT molecular complexity index is 467. The highest BCUT2D eigenvalue weighted by Gasteiger charge is 2.21. The van der Waals surface area contributed by atoms with Crippen molar-refractivity contribution in [1.29, 1.82) is 0 Å². The monoisotopic (exact) mass is 308 g/mol. The van der Waals surface area contributed by atoms with Crippen LogP contribution in [0, 0.1) is 0 Å². The zero-order valence-electron chi connectivity index (χ0n) is 11.9. The number of para-hydroxylation sites is 1. The second-order valence-electron chi connectivity index (χ2n) is 4.72. The quantitative estimate of drug-likeness (QED) is 0.748. The number of rotatable bonds is 8. The third-order valence-electron chi connectivity index (χ3n) is 3.11. The van der Waals surface area contributed by atoms with Crippen LogP contribution in [0.4, 0.5) is 4.79 Å². The summed E-state index contributed by atoms with van der Waals surface area (Å²) in [6.07, 6.45) is 1.13. The van der Waals surface area contributed by atoms with Gasteiger partial charge in [-0.1, -0.05) is 30.0 Å². The first-order valence-electron chi connectivity index (χ1n) is 7.12. The number of benzene rings is 1. The van der Waals surface area contributed by atoms with Crippen LogP contribution in [0.15, 0.2) is 30.3 Å². The molecule has 1 aromatic rings. The predicted octanol–water partition coefficient (Wildman–Crippen LogP) is 2.13. The summed E-state index contributed by atoms with van der Waals surface area (Å²) in [5, 5.41) is 2.93. The smallest absolute Gasteiger partial charge is 0.281 e. The predicted molar refractivity (Wildman–Crippen MR) is 83.6 cm³/mol. The first kappa shape index (κ1) is 15.7. The highest BCUT2D eigenvalue weighted by atomic mass is 32.2. The van der Waals surface area contributed by atoms with Gasteiger partial charge in [0.2, 0.25) is 5.91 Å².